The van der Waals surface area contributed by atoms with Crippen molar-refractivity contribution < 1.29 is 13.5 Å². The Labute approximate surface area is 142 Å². The predicted octanol–water partition coefficient (Wildman–Crippen LogP) is 5.65. The fourth-order valence-corrected chi connectivity index (χ4v) is 3.51. The van der Waals surface area contributed by atoms with Crippen molar-refractivity contribution in [3.8, 4) is 0 Å². The van der Waals surface area contributed by atoms with Gasteiger partial charge >= 0.3 is 0 Å². The molecule has 138 valence electrons. The van der Waals surface area contributed by atoms with Crippen molar-refractivity contribution in [2.45, 2.75) is 103 Å². The average molecular weight is 334 g/mol. The number of ether oxygens (including phenoxy) is 1. The van der Waals surface area contributed by atoms with Gasteiger partial charge in [0, 0.05) is 19.5 Å². The van der Waals surface area contributed by atoms with Gasteiger partial charge in [0.1, 0.15) is 0 Å². The molecule has 1 aliphatic heterocycles. The molecule has 4 heteroatoms. The van der Waals surface area contributed by atoms with Gasteiger partial charge in [-0.15, -0.1) is 0 Å². The normalized spacial score (nSPS) is 23.3. The standard InChI is InChI=1S/C19H37F2NO/c1-4-5-6-7-8-9-10-11-12-13-19(20,21)16-22-14-17(2)23-18(3)15-22/h17-18H,4-16H2,1-3H3/t17-,18+. The van der Waals surface area contributed by atoms with Gasteiger partial charge in [-0.25, -0.2) is 8.78 Å². The third kappa shape index (κ3) is 10.3. The first kappa shape index (κ1) is 20.8. The summed E-state index contributed by atoms with van der Waals surface area (Å²) in [6.45, 7) is 7.28. The molecular weight excluding hydrogens is 296 g/mol. The summed E-state index contributed by atoms with van der Waals surface area (Å²) in [6.07, 6.45) is 10.5. The Morgan fingerprint density at radius 2 is 1.35 bits per heavy atom. The summed E-state index contributed by atoms with van der Waals surface area (Å²) in [5, 5.41) is 0. The molecule has 0 radical (unpaired) electrons. The highest BCUT2D eigenvalue weighted by Crippen LogP contribution is 2.25. The van der Waals surface area contributed by atoms with E-state index in [-0.39, 0.29) is 25.2 Å². The number of nitrogens with zero attached hydrogens (tertiary/aromatic N) is 1. The van der Waals surface area contributed by atoms with Gasteiger partial charge in [-0.3, -0.25) is 4.90 Å². The number of morpholine rings is 1. The van der Waals surface area contributed by atoms with Crippen LogP contribution < -0.4 is 0 Å². The lowest BCUT2D eigenvalue weighted by Gasteiger charge is -2.37. The molecule has 23 heavy (non-hydrogen) atoms. The molecule has 0 unspecified atom stereocenters. The predicted molar refractivity (Wildman–Crippen MR) is 93.2 cm³/mol. The molecule has 0 aromatic heterocycles. The highest BCUT2D eigenvalue weighted by Gasteiger charge is 2.33. The maximum absolute atomic E-state index is 14.1. The summed E-state index contributed by atoms with van der Waals surface area (Å²) in [6, 6.07) is 0. The summed E-state index contributed by atoms with van der Waals surface area (Å²) in [5.74, 6) is -2.56. The van der Waals surface area contributed by atoms with Crippen molar-refractivity contribution in [2.24, 2.45) is 0 Å². The molecule has 2 nitrogen and oxygen atoms in total. The van der Waals surface area contributed by atoms with Crippen molar-refractivity contribution in [3.05, 3.63) is 0 Å². The molecule has 0 bridgehead atoms. The fourth-order valence-electron chi connectivity index (χ4n) is 3.51. The van der Waals surface area contributed by atoms with Crippen LogP contribution in [-0.4, -0.2) is 42.7 Å². The molecule has 0 spiro atoms. The first-order valence-electron chi connectivity index (χ1n) is 9.68. The number of rotatable bonds is 12. The van der Waals surface area contributed by atoms with Crippen LogP contribution in [0.1, 0.15) is 85.0 Å². The van der Waals surface area contributed by atoms with Gasteiger partial charge in [0.15, 0.2) is 0 Å². The van der Waals surface area contributed by atoms with Gasteiger partial charge in [0.2, 0.25) is 0 Å². The largest absolute Gasteiger partial charge is 0.373 e. The third-order valence-corrected chi connectivity index (χ3v) is 4.60. The van der Waals surface area contributed by atoms with Crippen LogP contribution in [-0.2, 0) is 4.74 Å². The van der Waals surface area contributed by atoms with Gasteiger partial charge in [-0.2, -0.15) is 0 Å². The molecule has 1 saturated heterocycles. The molecule has 0 aromatic carbocycles. The zero-order chi connectivity index (χ0) is 17.1. The van der Waals surface area contributed by atoms with Crippen LogP contribution >= 0.6 is 0 Å². The highest BCUT2D eigenvalue weighted by atomic mass is 19.3. The van der Waals surface area contributed by atoms with Gasteiger partial charge in [0.05, 0.1) is 18.8 Å². The minimum Gasteiger partial charge on any atom is -0.373 e. The third-order valence-electron chi connectivity index (χ3n) is 4.60. The smallest absolute Gasteiger partial charge is 0.260 e. The zero-order valence-corrected chi connectivity index (χ0v) is 15.5. The molecular formula is C19H37F2NO. The maximum Gasteiger partial charge on any atom is 0.260 e. The van der Waals surface area contributed by atoms with Crippen LogP contribution in [0.25, 0.3) is 0 Å². The van der Waals surface area contributed by atoms with Crippen molar-refractivity contribution in [1.82, 2.24) is 4.90 Å². The number of hydrogen-bond acceptors (Lipinski definition) is 2. The number of halogens is 2. The molecule has 2 atom stereocenters. The lowest BCUT2D eigenvalue weighted by Crippen LogP contribution is -2.49. The topological polar surface area (TPSA) is 12.5 Å². The van der Waals surface area contributed by atoms with Crippen molar-refractivity contribution >= 4 is 0 Å². The molecule has 1 aliphatic rings. The Bertz CT molecular complexity index is 289. The molecule has 0 saturated carbocycles. The Hall–Kier alpha value is -0.220. The van der Waals surface area contributed by atoms with Crippen LogP contribution in [0.4, 0.5) is 8.78 Å². The Kier molecular flexibility index (Phi) is 10.3. The SMILES string of the molecule is CCCCCCCCCCCC(F)(F)CN1C[C@@H](C)O[C@@H](C)C1. The van der Waals surface area contributed by atoms with E-state index in [2.05, 4.69) is 6.92 Å². The van der Waals surface area contributed by atoms with E-state index >= 15 is 0 Å². The van der Waals surface area contributed by atoms with Crippen LogP contribution in [0.2, 0.25) is 0 Å². The molecule has 1 heterocycles. The van der Waals surface area contributed by atoms with E-state index in [1.165, 1.54) is 38.5 Å². The summed E-state index contributed by atoms with van der Waals surface area (Å²) in [7, 11) is 0. The Morgan fingerprint density at radius 1 is 0.870 bits per heavy atom. The fraction of sp³-hybridized carbons (Fsp3) is 1.00. The van der Waals surface area contributed by atoms with Gasteiger partial charge in [-0.05, 0) is 20.3 Å². The molecule has 1 fully saturated rings. The van der Waals surface area contributed by atoms with Gasteiger partial charge in [0.25, 0.3) is 5.92 Å². The minimum absolute atomic E-state index is 0.0307. The van der Waals surface area contributed by atoms with E-state index in [1.807, 2.05) is 18.7 Å². The zero-order valence-electron chi connectivity index (χ0n) is 15.5. The first-order valence-corrected chi connectivity index (χ1v) is 9.68. The second kappa shape index (κ2) is 11.4. The van der Waals surface area contributed by atoms with E-state index in [0.29, 0.717) is 19.5 Å². The molecule has 1 rings (SSSR count). The van der Waals surface area contributed by atoms with Crippen LogP contribution in [0.5, 0.6) is 0 Å². The maximum atomic E-state index is 14.1. The van der Waals surface area contributed by atoms with Crippen LogP contribution in [0.3, 0.4) is 0 Å². The summed E-state index contributed by atoms with van der Waals surface area (Å²) in [5.41, 5.74) is 0. The lowest BCUT2D eigenvalue weighted by atomic mass is 10.0. The molecule has 0 aliphatic carbocycles. The Morgan fingerprint density at radius 3 is 1.87 bits per heavy atom. The number of hydrogen-bond donors (Lipinski definition) is 0. The Balaban J connectivity index is 2.06. The van der Waals surface area contributed by atoms with Gasteiger partial charge in [-0.1, -0.05) is 58.3 Å². The summed E-state index contributed by atoms with van der Waals surface area (Å²) < 4.78 is 33.8. The van der Waals surface area contributed by atoms with Gasteiger partial charge < -0.3 is 4.74 Å². The van der Waals surface area contributed by atoms with E-state index in [0.717, 1.165) is 12.8 Å². The highest BCUT2D eigenvalue weighted by molar-refractivity contribution is 4.79. The lowest BCUT2D eigenvalue weighted by molar-refractivity contribution is -0.105. The van der Waals surface area contributed by atoms with Crippen molar-refractivity contribution in [1.29, 1.82) is 0 Å². The monoisotopic (exact) mass is 333 g/mol. The average Bonchev–Trinajstić information content (AvgIpc) is 2.43. The number of unbranched alkanes of at least 4 members (excludes halogenated alkanes) is 8. The van der Waals surface area contributed by atoms with E-state index in [9.17, 15) is 8.78 Å². The van der Waals surface area contributed by atoms with Crippen molar-refractivity contribution in [2.75, 3.05) is 19.6 Å². The summed E-state index contributed by atoms with van der Waals surface area (Å²) in [4.78, 5) is 1.87. The quantitative estimate of drug-likeness (QED) is 0.428. The minimum atomic E-state index is -2.56. The van der Waals surface area contributed by atoms with Crippen molar-refractivity contribution in [3.63, 3.8) is 0 Å². The van der Waals surface area contributed by atoms with E-state index < -0.39 is 5.92 Å². The molecule has 0 aromatic rings. The van der Waals surface area contributed by atoms with Crippen LogP contribution in [0, 0.1) is 0 Å². The van der Waals surface area contributed by atoms with E-state index in [4.69, 9.17) is 4.74 Å². The first-order chi connectivity index (χ1) is 10.9. The molecule has 0 N–H and O–H groups in total. The van der Waals surface area contributed by atoms with Crippen LogP contribution in [0.15, 0.2) is 0 Å². The molecule has 0 amide bonds. The second-order valence-electron chi connectivity index (χ2n) is 7.39. The number of alkyl halides is 2. The summed E-state index contributed by atoms with van der Waals surface area (Å²) >= 11 is 0. The van der Waals surface area contributed by atoms with E-state index in [1.54, 1.807) is 0 Å². The second-order valence-corrected chi connectivity index (χ2v) is 7.39.